The van der Waals surface area contributed by atoms with Crippen molar-refractivity contribution in [2.45, 2.75) is 5.92 Å². The third kappa shape index (κ3) is 3.62. The molecule has 136 valence electrons. The first-order valence-corrected chi connectivity index (χ1v) is 9.01. The molecule has 0 atom stereocenters. The molecule has 4 rings (SSSR count). The highest BCUT2D eigenvalue weighted by Gasteiger charge is 2.33. The number of carbonyl (C=O) groups is 1. The molecular formula is C22H17ClO4. The largest absolute Gasteiger partial charge is 0.488 e. The number of ether oxygens (including phenoxy) is 3. The summed E-state index contributed by atoms with van der Waals surface area (Å²) in [5.74, 6) is 1.06. The molecule has 0 amide bonds. The molecule has 1 aliphatic heterocycles. The van der Waals surface area contributed by atoms with Crippen LogP contribution >= 0.6 is 11.6 Å². The zero-order valence-electron chi connectivity index (χ0n) is 14.4. The molecule has 5 heteroatoms. The molecule has 4 nitrogen and oxygen atoms in total. The molecule has 0 saturated heterocycles. The first kappa shape index (κ1) is 17.4. The van der Waals surface area contributed by atoms with Crippen LogP contribution in [0.5, 0.6) is 17.2 Å². The number of carbonyl (C=O) groups excluding carboxylic acids is 1. The summed E-state index contributed by atoms with van der Waals surface area (Å²) in [5.41, 5.74) is 1.60. The lowest BCUT2D eigenvalue weighted by molar-refractivity contribution is -0.145. The topological polar surface area (TPSA) is 44.8 Å². The monoisotopic (exact) mass is 380 g/mol. The Hall–Kier alpha value is -2.98. The van der Waals surface area contributed by atoms with Crippen LogP contribution in [0.2, 0.25) is 5.02 Å². The first-order chi connectivity index (χ1) is 13.2. The molecule has 0 N–H and O–H groups in total. The van der Waals surface area contributed by atoms with Gasteiger partial charge in [0.1, 0.15) is 36.4 Å². The third-order valence-corrected chi connectivity index (χ3v) is 4.65. The number of halogens is 1. The van der Waals surface area contributed by atoms with Crippen LogP contribution in [0.1, 0.15) is 17.0 Å². The van der Waals surface area contributed by atoms with Crippen LogP contribution in [0.4, 0.5) is 0 Å². The predicted octanol–water partition coefficient (Wildman–Crippen LogP) is 5.20. The van der Waals surface area contributed by atoms with E-state index in [4.69, 9.17) is 25.8 Å². The van der Waals surface area contributed by atoms with Crippen molar-refractivity contribution in [1.82, 2.24) is 0 Å². The molecule has 3 aromatic rings. The van der Waals surface area contributed by atoms with Crippen molar-refractivity contribution in [3.05, 3.63) is 88.9 Å². The van der Waals surface area contributed by atoms with Gasteiger partial charge in [-0.1, -0.05) is 60.1 Å². The molecule has 0 radical (unpaired) electrons. The summed E-state index contributed by atoms with van der Waals surface area (Å²) < 4.78 is 17.0. The Morgan fingerprint density at radius 3 is 2.11 bits per heavy atom. The van der Waals surface area contributed by atoms with Crippen molar-refractivity contribution in [2.24, 2.45) is 0 Å². The Balaban J connectivity index is 1.46. The van der Waals surface area contributed by atoms with Crippen LogP contribution in [0.15, 0.2) is 72.8 Å². The molecular weight excluding hydrogens is 364 g/mol. The van der Waals surface area contributed by atoms with Gasteiger partial charge in [0, 0.05) is 11.1 Å². The zero-order valence-corrected chi connectivity index (χ0v) is 15.2. The highest BCUT2D eigenvalue weighted by Crippen LogP contribution is 2.44. The summed E-state index contributed by atoms with van der Waals surface area (Å²) in [6, 6.07) is 22.2. The molecule has 0 saturated carbocycles. The maximum absolute atomic E-state index is 12.8. The summed E-state index contributed by atoms with van der Waals surface area (Å²) >= 11 is 6.05. The second-order valence-corrected chi connectivity index (χ2v) is 6.46. The Morgan fingerprint density at radius 2 is 1.44 bits per heavy atom. The molecule has 3 aromatic carbocycles. The summed E-state index contributed by atoms with van der Waals surface area (Å²) in [6.07, 6.45) is 0. The van der Waals surface area contributed by atoms with Gasteiger partial charge in [-0.05, 0) is 24.3 Å². The van der Waals surface area contributed by atoms with Crippen LogP contribution in [-0.2, 0) is 9.53 Å². The Kier molecular flexibility index (Phi) is 4.99. The molecule has 0 unspecified atom stereocenters. The van der Waals surface area contributed by atoms with E-state index < -0.39 is 5.92 Å². The van der Waals surface area contributed by atoms with Gasteiger partial charge in [-0.25, -0.2) is 0 Å². The zero-order chi connectivity index (χ0) is 18.6. The molecule has 0 aliphatic carbocycles. The van der Waals surface area contributed by atoms with Crippen molar-refractivity contribution < 1.29 is 19.0 Å². The minimum atomic E-state index is -0.522. The van der Waals surface area contributed by atoms with Crippen molar-refractivity contribution in [3.63, 3.8) is 0 Å². The van der Waals surface area contributed by atoms with Gasteiger partial charge in [-0.3, -0.25) is 4.79 Å². The van der Waals surface area contributed by atoms with Crippen LogP contribution < -0.4 is 9.47 Å². The number of hydrogen-bond acceptors (Lipinski definition) is 4. The average molecular weight is 381 g/mol. The van der Waals surface area contributed by atoms with Gasteiger partial charge in [0.25, 0.3) is 0 Å². The molecule has 0 bridgehead atoms. The van der Waals surface area contributed by atoms with E-state index in [1.54, 1.807) is 12.1 Å². The summed E-state index contributed by atoms with van der Waals surface area (Å²) in [5, 5.41) is 0.524. The fraction of sp³-hybridized carbons (Fsp3) is 0.136. The number of para-hydroxylation sites is 3. The van der Waals surface area contributed by atoms with Gasteiger partial charge >= 0.3 is 5.97 Å². The van der Waals surface area contributed by atoms with E-state index in [-0.39, 0.29) is 19.2 Å². The number of fused-ring (bicyclic) bond motifs is 2. The van der Waals surface area contributed by atoms with Crippen LogP contribution in [-0.4, -0.2) is 19.2 Å². The molecule has 1 heterocycles. The number of hydrogen-bond donors (Lipinski definition) is 0. The average Bonchev–Trinajstić information content (AvgIpc) is 2.70. The summed E-state index contributed by atoms with van der Waals surface area (Å²) in [6.45, 7) is 0.355. The first-order valence-electron chi connectivity index (χ1n) is 8.64. The van der Waals surface area contributed by atoms with Crippen molar-refractivity contribution in [1.29, 1.82) is 0 Å². The second kappa shape index (κ2) is 7.72. The minimum absolute atomic E-state index is 0.131. The van der Waals surface area contributed by atoms with Crippen molar-refractivity contribution in [2.75, 3.05) is 13.2 Å². The Bertz CT molecular complexity index is 924. The van der Waals surface area contributed by atoms with Crippen LogP contribution in [0, 0.1) is 0 Å². The van der Waals surface area contributed by atoms with Gasteiger partial charge in [0.15, 0.2) is 0 Å². The minimum Gasteiger partial charge on any atom is -0.488 e. The summed E-state index contributed by atoms with van der Waals surface area (Å²) in [7, 11) is 0. The van der Waals surface area contributed by atoms with E-state index in [9.17, 15) is 4.79 Å². The van der Waals surface area contributed by atoms with Crippen LogP contribution in [0.3, 0.4) is 0 Å². The number of esters is 1. The van der Waals surface area contributed by atoms with E-state index in [0.717, 1.165) is 11.1 Å². The van der Waals surface area contributed by atoms with Crippen LogP contribution in [0.25, 0.3) is 0 Å². The standard InChI is InChI=1S/C22H17ClO4/c23-17-9-3-6-12-20(17)25-13-14-26-22(24)21-15-7-1-4-10-18(15)27-19-11-5-2-8-16(19)21/h1-12,21H,13-14H2. The maximum atomic E-state index is 12.8. The lowest BCUT2D eigenvalue weighted by Crippen LogP contribution is -2.23. The van der Waals surface area contributed by atoms with E-state index in [2.05, 4.69) is 0 Å². The van der Waals surface area contributed by atoms with E-state index in [0.29, 0.717) is 22.3 Å². The fourth-order valence-corrected chi connectivity index (χ4v) is 3.29. The van der Waals surface area contributed by atoms with Gasteiger partial charge < -0.3 is 14.2 Å². The summed E-state index contributed by atoms with van der Waals surface area (Å²) in [4.78, 5) is 12.8. The van der Waals surface area contributed by atoms with Crippen molar-refractivity contribution in [3.8, 4) is 17.2 Å². The van der Waals surface area contributed by atoms with Gasteiger partial charge in [0.05, 0.1) is 5.02 Å². The van der Waals surface area contributed by atoms with Gasteiger partial charge in [-0.2, -0.15) is 0 Å². The molecule has 0 aromatic heterocycles. The molecule has 27 heavy (non-hydrogen) atoms. The molecule has 0 fully saturated rings. The molecule has 1 aliphatic rings. The predicted molar refractivity (Wildman–Crippen MR) is 103 cm³/mol. The second-order valence-electron chi connectivity index (χ2n) is 6.06. The fourth-order valence-electron chi connectivity index (χ4n) is 3.10. The third-order valence-electron chi connectivity index (χ3n) is 4.34. The maximum Gasteiger partial charge on any atom is 0.318 e. The number of rotatable bonds is 5. The molecule has 0 spiro atoms. The normalized spacial score (nSPS) is 12.5. The highest BCUT2D eigenvalue weighted by molar-refractivity contribution is 6.32. The van der Waals surface area contributed by atoms with E-state index in [1.807, 2.05) is 60.7 Å². The lowest BCUT2D eigenvalue weighted by atomic mass is 9.88. The Morgan fingerprint density at radius 1 is 0.852 bits per heavy atom. The Labute approximate surface area is 162 Å². The highest BCUT2D eigenvalue weighted by atomic mass is 35.5. The van der Waals surface area contributed by atoms with Gasteiger partial charge in [0.2, 0.25) is 0 Å². The SMILES string of the molecule is O=C(OCCOc1ccccc1Cl)C1c2ccccc2Oc2ccccc21. The van der Waals surface area contributed by atoms with E-state index >= 15 is 0 Å². The quantitative estimate of drug-likeness (QED) is 0.451. The lowest BCUT2D eigenvalue weighted by Gasteiger charge is -2.26. The number of benzene rings is 3. The smallest absolute Gasteiger partial charge is 0.318 e. The van der Waals surface area contributed by atoms with Crippen molar-refractivity contribution >= 4 is 17.6 Å². The van der Waals surface area contributed by atoms with Gasteiger partial charge in [-0.15, -0.1) is 0 Å². The van der Waals surface area contributed by atoms with E-state index in [1.165, 1.54) is 0 Å².